The van der Waals surface area contributed by atoms with Crippen LogP contribution in [0.5, 0.6) is 0 Å². The number of fused-ring (bicyclic) bond motifs is 4. The van der Waals surface area contributed by atoms with Gasteiger partial charge in [-0.1, -0.05) is 11.6 Å². The van der Waals surface area contributed by atoms with Crippen LogP contribution in [0, 0.1) is 32.1 Å². The maximum atomic E-state index is 5.64. The molecular weight excluding hydrogens is 466 g/mol. The van der Waals surface area contributed by atoms with Crippen molar-refractivity contribution in [3.05, 3.63) is 28.5 Å². The van der Waals surface area contributed by atoms with E-state index < -0.39 is 0 Å². The second-order valence-electron chi connectivity index (χ2n) is 12.0. The van der Waals surface area contributed by atoms with Gasteiger partial charge >= 0.3 is 0 Å². The van der Waals surface area contributed by atoms with E-state index in [1.807, 2.05) is 13.8 Å². The molecule has 37 heavy (non-hydrogen) atoms. The standard InChI is InChI=1S/C28H39N7O2/c1-18-22-16-34(26-25-19(2)32-37-27(25)30-20(3)29-26)10-7-24(22)35(31-18)17-28-8-4-5-21(15-28)23(6-9-28)33-11-13-36-14-12-33/h21,23H,4-17H2,1-3H3. The third kappa shape index (κ3) is 4.05. The van der Waals surface area contributed by atoms with Gasteiger partial charge in [0, 0.05) is 56.4 Å². The van der Waals surface area contributed by atoms with Crippen LogP contribution in [-0.4, -0.2) is 68.7 Å². The van der Waals surface area contributed by atoms with Crippen LogP contribution in [0.3, 0.4) is 0 Å². The van der Waals surface area contributed by atoms with E-state index in [1.165, 1.54) is 49.8 Å². The number of ether oxygens (including phenoxy) is 1. The van der Waals surface area contributed by atoms with Crippen molar-refractivity contribution in [3.63, 3.8) is 0 Å². The van der Waals surface area contributed by atoms with Crippen LogP contribution in [0.25, 0.3) is 11.1 Å². The van der Waals surface area contributed by atoms with Crippen LogP contribution in [-0.2, 0) is 24.2 Å². The molecule has 3 aromatic heterocycles. The Kier molecular flexibility index (Phi) is 5.77. The molecule has 2 saturated carbocycles. The number of anilines is 1. The summed E-state index contributed by atoms with van der Waals surface area (Å²) in [6.45, 7) is 12.9. The molecule has 7 rings (SSSR count). The Morgan fingerprint density at radius 2 is 1.86 bits per heavy atom. The number of morpholine rings is 1. The van der Waals surface area contributed by atoms with E-state index in [-0.39, 0.29) is 0 Å². The van der Waals surface area contributed by atoms with Crippen molar-refractivity contribution < 1.29 is 9.26 Å². The first-order valence-electron chi connectivity index (χ1n) is 14.2. The zero-order valence-corrected chi connectivity index (χ0v) is 22.5. The fourth-order valence-corrected chi connectivity index (χ4v) is 7.95. The Bertz CT molecular complexity index is 1310. The van der Waals surface area contributed by atoms with Crippen LogP contribution in [0.15, 0.2) is 4.52 Å². The molecule has 0 radical (unpaired) electrons. The van der Waals surface area contributed by atoms with Gasteiger partial charge in [0.2, 0.25) is 0 Å². The predicted octanol–water partition coefficient (Wildman–Crippen LogP) is 3.97. The number of hydrogen-bond donors (Lipinski definition) is 0. The lowest BCUT2D eigenvalue weighted by Crippen LogP contribution is -2.53. The van der Waals surface area contributed by atoms with Crippen LogP contribution >= 0.6 is 0 Å². The number of hydrogen-bond acceptors (Lipinski definition) is 8. The molecule has 3 atom stereocenters. The molecule has 2 aliphatic heterocycles. The number of nitrogens with zero attached hydrogens (tertiary/aromatic N) is 7. The molecule has 0 amide bonds. The van der Waals surface area contributed by atoms with Crippen molar-refractivity contribution >= 4 is 16.9 Å². The molecule has 1 saturated heterocycles. The van der Waals surface area contributed by atoms with E-state index in [9.17, 15) is 0 Å². The Hall–Kier alpha value is -2.52. The molecule has 0 spiro atoms. The summed E-state index contributed by atoms with van der Waals surface area (Å²) in [7, 11) is 0. The van der Waals surface area contributed by atoms with Gasteiger partial charge in [-0.3, -0.25) is 9.58 Å². The highest BCUT2D eigenvalue weighted by atomic mass is 16.5. The predicted molar refractivity (Wildman–Crippen MR) is 141 cm³/mol. The zero-order valence-electron chi connectivity index (χ0n) is 22.5. The van der Waals surface area contributed by atoms with Crippen molar-refractivity contribution in [3.8, 4) is 0 Å². The summed E-state index contributed by atoms with van der Waals surface area (Å²) >= 11 is 0. The summed E-state index contributed by atoms with van der Waals surface area (Å²) < 4.78 is 13.5. The number of aromatic nitrogens is 5. The molecule has 9 nitrogen and oxygen atoms in total. The quantitative estimate of drug-likeness (QED) is 0.527. The van der Waals surface area contributed by atoms with Crippen LogP contribution in [0.2, 0.25) is 0 Å². The van der Waals surface area contributed by atoms with Crippen molar-refractivity contribution in [2.24, 2.45) is 11.3 Å². The highest BCUT2D eigenvalue weighted by molar-refractivity contribution is 5.88. The van der Waals surface area contributed by atoms with Gasteiger partial charge < -0.3 is 14.2 Å². The minimum absolute atomic E-state index is 0.407. The lowest BCUT2D eigenvalue weighted by Gasteiger charge is -2.52. The first kappa shape index (κ1) is 23.6. The largest absolute Gasteiger partial charge is 0.379 e. The Morgan fingerprint density at radius 1 is 1.00 bits per heavy atom. The first-order chi connectivity index (χ1) is 18.0. The Labute approximate surface area is 218 Å². The van der Waals surface area contributed by atoms with Gasteiger partial charge in [0.1, 0.15) is 17.0 Å². The Balaban J connectivity index is 1.12. The third-order valence-electron chi connectivity index (χ3n) is 9.73. The van der Waals surface area contributed by atoms with Gasteiger partial charge in [0.15, 0.2) is 0 Å². The van der Waals surface area contributed by atoms with Crippen molar-refractivity contribution in [1.82, 2.24) is 29.8 Å². The molecule has 5 heterocycles. The lowest BCUT2D eigenvalue weighted by atomic mass is 9.60. The topological polar surface area (TPSA) is 85.3 Å². The van der Waals surface area contributed by atoms with Crippen LogP contribution < -0.4 is 4.90 Å². The van der Waals surface area contributed by atoms with E-state index in [0.29, 0.717) is 11.1 Å². The summed E-state index contributed by atoms with van der Waals surface area (Å²) in [5.41, 5.74) is 5.80. The fourth-order valence-electron chi connectivity index (χ4n) is 7.95. The van der Waals surface area contributed by atoms with E-state index >= 15 is 0 Å². The maximum absolute atomic E-state index is 5.64. The smallest absolute Gasteiger partial charge is 0.263 e. The lowest BCUT2D eigenvalue weighted by molar-refractivity contribution is -0.0494. The Morgan fingerprint density at radius 3 is 2.73 bits per heavy atom. The monoisotopic (exact) mass is 505 g/mol. The van der Waals surface area contributed by atoms with Gasteiger partial charge in [-0.2, -0.15) is 10.1 Å². The summed E-state index contributed by atoms with van der Waals surface area (Å²) in [4.78, 5) is 14.4. The highest BCUT2D eigenvalue weighted by Gasteiger charge is 2.46. The molecule has 2 bridgehead atoms. The average Bonchev–Trinajstić information content (AvgIpc) is 3.42. The summed E-state index contributed by atoms with van der Waals surface area (Å²) in [6, 6.07) is 0.758. The number of aryl methyl sites for hydroxylation is 3. The van der Waals surface area contributed by atoms with Gasteiger partial charge in [0.25, 0.3) is 5.71 Å². The molecule has 4 aliphatic rings. The molecule has 3 aromatic rings. The van der Waals surface area contributed by atoms with Crippen molar-refractivity contribution in [2.45, 2.75) is 84.8 Å². The molecule has 9 heteroatoms. The SMILES string of the molecule is Cc1nc(N2CCc3c(c(C)nn3CC34CCCC(C3)C(N3CCOCC3)CC4)C2)c2c(C)noc2n1. The average molecular weight is 506 g/mol. The van der Waals surface area contributed by atoms with E-state index in [4.69, 9.17) is 19.3 Å². The van der Waals surface area contributed by atoms with Crippen LogP contribution in [0.1, 0.15) is 67.0 Å². The van der Waals surface area contributed by atoms with Gasteiger partial charge in [0.05, 0.1) is 24.6 Å². The molecular formula is C28H39N7O2. The second kappa shape index (κ2) is 9.05. The summed E-state index contributed by atoms with van der Waals surface area (Å²) in [5.74, 6) is 2.49. The molecule has 198 valence electrons. The fraction of sp³-hybridized carbons (Fsp3) is 0.714. The molecule has 3 unspecified atom stereocenters. The van der Waals surface area contributed by atoms with Gasteiger partial charge in [-0.25, -0.2) is 4.98 Å². The van der Waals surface area contributed by atoms with E-state index in [2.05, 4.69) is 31.5 Å². The normalized spacial score (nSPS) is 28.6. The van der Waals surface area contributed by atoms with E-state index in [0.717, 1.165) is 92.7 Å². The zero-order chi connectivity index (χ0) is 25.1. The summed E-state index contributed by atoms with van der Waals surface area (Å²) in [5, 5.41) is 10.2. The minimum atomic E-state index is 0.407. The second-order valence-corrected chi connectivity index (χ2v) is 12.0. The summed E-state index contributed by atoms with van der Waals surface area (Å²) in [6.07, 6.45) is 9.12. The highest BCUT2D eigenvalue weighted by Crippen LogP contribution is 2.51. The van der Waals surface area contributed by atoms with Gasteiger partial charge in [-0.05, 0) is 64.2 Å². The van der Waals surface area contributed by atoms with Crippen molar-refractivity contribution in [2.75, 3.05) is 37.7 Å². The number of rotatable bonds is 4. The molecule has 0 aromatic carbocycles. The third-order valence-corrected chi connectivity index (χ3v) is 9.73. The molecule has 3 fully saturated rings. The van der Waals surface area contributed by atoms with Crippen LogP contribution in [0.4, 0.5) is 5.82 Å². The molecule has 0 N–H and O–H groups in total. The van der Waals surface area contributed by atoms with E-state index in [1.54, 1.807) is 0 Å². The maximum Gasteiger partial charge on any atom is 0.263 e. The van der Waals surface area contributed by atoms with Crippen molar-refractivity contribution in [1.29, 1.82) is 0 Å². The molecule has 2 aliphatic carbocycles. The van der Waals surface area contributed by atoms with Gasteiger partial charge in [-0.15, -0.1) is 0 Å². The first-order valence-corrected chi connectivity index (χ1v) is 14.2. The minimum Gasteiger partial charge on any atom is -0.379 e.